The predicted octanol–water partition coefficient (Wildman–Crippen LogP) is 8.62. The number of anilines is 3. The number of nitrogens with one attached hydrogen (secondary N) is 2. The van der Waals surface area contributed by atoms with Gasteiger partial charge in [-0.1, -0.05) is 0 Å². The summed E-state index contributed by atoms with van der Waals surface area (Å²) in [5.41, 5.74) is 14.5. The number of rotatable bonds is 5. The molecule has 2 N–H and O–H groups in total. The zero-order valence-corrected chi connectivity index (χ0v) is 27.3. The molecule has 222 valence electrons. The average Bonchev–Trinajstić information content (AvgIpc) is 3.71. The number of benzene rings is 4. The molecule has 0 bridgehead atoms. The Morgan fingerprint density at radius 1 is 0.761 bits per heavy atom. The summed E-state index contributed by atoms with van der Waals surface area (Å²) in [5, 5.41) is 14.9. The van der Waals surface area contributed by atoms with Crippen molar-refractivity contribution in [3.05, 3.63) is 134 Å². The Hall–Kier alpha value is -5.08. The van der Waals surface area contributed by atoms with Crippen LogP contribution in [0, 0.1) is 16.7 Å². The third-order valence-corrected chi connectivity index (χ3v) is 12.0. The third kappa shape index (κ3) is 4.39. The van der Waals surface area contributed by atoms with Gasteiger partial charge in [-0.25, -0.2) is 0 Å². The molecule has 1 aromatic heterocycles. The molecule has 1 aliphatic heterocycles. The monoisotopic (exact) mass is 661 g/mol. The van der Waals surface area contributed by atoms with Crippen molar-refractivity contribution < 1.29 is 0 Å². The number of aliphatic imine (C=N–C) groups is 2. The first-order valence-corrected chi connectivity index (χ1v) is 17.2. The molecule has 0 unspecified atom stereocenters. The average molecular weight is 661 g/mol. The molecular weight excluding hydrogens is 629 g/mol. The van der Waals surface area contributed by atoms with E-state index < -0.39 is 0 Å². The second kappa shape index (κ2) is 11.1. The molecule has 5 aromatic rings. The van der Waals surface area contributed by atoms with Gasteiger partial charge in [0.25, 0.3) is 0 Å². The van der Waals surface area contributed by atoms with Gasteiger partial charge in [-0.2, -0.15) is 0 Å². The first-order chi connectivity index (χ1) is 22.5. The normalized spacial score (nSPS) is 16.3. The number of hydrogen-bond donors (Lipinski definition) is 2. The van der Waals surface area contributed by atoms with Crippen LogP contribution in [-0.2, 0) is 18.3 Å². The van der Waals surface area contributed by atoms with Gasteiger partial charge in [-0.15, -0.1) is 0 Å². The van der Waals surface area contributed by atoms with E-state index in [0.717, 1.165) is 47.8 Å². The summed E-state index contributed by atoms with van der Waals surface area (Å²) in [4.78, 5) is 10.6. The van der Waals surface area contributed by atoms with E-state index in [0.29, 0.717) is 0 Å². The van der Waals surface area contributed by atoms with Gasteiger partial charge < -0.3 is 0 Å². The summed E-state index contributed by atoms with van der Waals surface area (Å²) >= 11 is 0.227. The van der Waals surface area contributed by atoms with E-state index in [4.69, 9.17) is 10.8 Å². The number of hydrogen-bond acceptors (Lipinski definition) is 3. The Labute approximate surface area is 274 Å². The Morgan fingerprint density at radius 2 is 1.35 bits per heavy atom. The Kier molecular flexibility index (Phi) is 6.83. The van der Waals surface area contributed by atoms with Gasteiger partial charge in [0.2, 0.25) is 0 Å². The van der Waals surface area contributed by atoms with Gasteiger partial charge in [0.05, 0.1) is 0 Å². The quantitative estimate of drug-likeness (QED) is 0.108. The molecule has 0 amide bonds. The summed E-state index contributed by atoms with van der Waals surface area (Å²) in [6.45, 7) is 4.66. The summed E-state index contributed by atoms with van der Waals surface area (Å²) in [6.07, 6.45) is 3.85. The van der Waals surface area contributed by atoms with Gasteiger partial charge in [-0.05, 0) is 0 Å². The number of para-hydroxylation sites is 2. The van der Waals surface area contributed by atoms with Gasteiger partial charge in [0.1, 0.15) is 0 Å². The van der Waals surface area contributed by atoms with Crippen LogP contribution in [0.1, 0.15) is 50.5 Å². The molecule has 3 aliphatic rings. The summed E-state index contributed by atoms with van der Waals surface area (Å²) < 4.78 is 2.96. The van der Waals surface area contributed by atoms with Crippen molar-refractivity contribution in [1.29, 1.82) is 10.8 Å². The first-order valence-electron chi connectivity index (χ1n) is 15.5. The second-order valence-electron chi connectivity index (χ2n) is 12.4. The van der Waals surface area contributed by atoms with Crippen molar-refractivity contribution in [2.24, 2.45) is 15.9 Å². The minimum atomic E-state index is -0.0751. The zero-order chi connectivity index (χ0) is 31.4. The molecule has 0 saturated heterocycles. The van der Waals surface area contributed by atoms with Crippen molar-refractivity contribution in [2.75, 3.05) is 4.90 Å². The van der Waals surface area contributed by atoms with Crippen LogP contribution in [0.3, 0.4) is 0 Å². The zero-order valence-electron chi connectivity index (χ0n) is 25.6. The van der Waals surface area contributed by atoms with Gasteiger partial charge in [-0.3, -0.25) is 0 Å². The van der Waals surface area contributed by atoms with Crippen LogP contribution in [0.2, 0.25) is 0 Å². The summed E-state index contributed by atoms with van der Waals surface area (Å²) in [7, 11) is 0. The van der Waals surface area contributed by atoms with Gasteiger partial charge in [0, 0.05) is 0 Å². The first kappa shape index (κ1) is 28.4. The van der Waals surface area contributed by atoms with Crippen molar-refractivity contribution in [1.82, 2.24) is 0 Å². The standard InChI is InChI=1S/C40H31N5Se/c1-40(2)35-11-5-7-13-37(35)45(38-14-8-6-12-36(38)40)26-15-16-28-25(17-26)18-39-32(28)20-27(46-39)19-31-33(21-43-23-41)29-9-3-4-10-30(29)34(31)22-44-24-42/h3-17,20,23-24,31,41-42H,18-19H2,1-2H3. The van der Waals surface area contributed by atoms with E-state index in [2.05, 4.69) is 125 Å². The molecule has 0 atom stereocenters. The van der Waals surface area contributed by atoms with E-state index in [1.807, 2.05) is 12.1 Å². The van der Waals surface area contributed by atoms with Crippen LogP contribution in [0.15, 0.2) is 107 Å². The molecule has 0 fully saturated rings. The van der Waals surface area contributed by atoms with Crippen LogP contribution in [0.25, 0.3) is 22.3 Å². The predicted molar refractivity (Wildman–Crippen MR) is 191 cm³/mol. The van der Waals surface area contributed by atoms with Crippen molar-refractivity contribution >= 4 is 67.1 Å². The maximum atomic E-state index is 7.47. The fourth-order valence-corrected chi connectivity index (χ4v) is 10.2. The van der Waals surface area contributed by atoms with Crippen molar-refractivity contribution in [3.63, 3.8) is 0 Å². The molecule has 8 rings (SSSR count). The Balaban J connectivity index is 1.16. The van der Waals surface area contributed by atoms with E-state index in [1.165, 1.54) is 53.8 Å². The fraction of sp³-hybridized carbons (Fsp3) is 0.150. The molecule has 46 heavy (non-hydrogen) atoms. The van der Waals surface area contributed by atoms with Crippen LogP contribution < -0.4 is 4.90 Å². The number of nitrogens with zero attached hydrogens (tertiary/aromatic N) is 3. The molecule has 6 heteroatoms. The SMILES string of the molecule is CC1(C)c2ccccc2N(c2ccc3c(c2)Cc2[se]c(CC4C(=C=NC=N)c5ccccc5C4=C=NC=N)cc2-3)c2ccccc21. The van der Waals surface area contributed by atoms with Crippen LogP contribution in [0.4, 0.5) is 17.1 Å². The van der Waals surface area contributed by atoms with Gasteiger partial charge in [0.15, 0.2) is 0 Å². The molecular formula is C40H31N5Se. The minimum absolute atomic E-state index is 0.0247. The topological polar surface area (TPSA) is 75.7 Å². The number of fused-ring (bicyclic) bond motifs is 6. The fourth-order valence-electron chi connectivity index (χ4n) is 7.55. The number of allylic oxidation sites excluding steroid dienone is 2. The molecule has 5 nitrogen and oxygen atoms in total. The van der Waals surface area contributed by atoms with Gasteiger partial charge >= 0.3 is 276 Å². The molecule has 4 aromatic carbocycles. The van der Waals surface area contributed by atoms with E-state index >= 15 is 0 Å². The molecule has 0 radical (unpaired) electrons. The third-order valence-electron chi connectivity index (χ3n) is 9.59. The molecule has 2 aliphatic carbocycles. The second-order valence-corrected chi connectivity index (χ2v) is 15.0. The van der Waals surface area contributed by atoms with Crippen LogP contribution in [-0.4, -0.2) is 38.9 Å². The summed E-state index contributed by atoms with van der Waals surface area (Å²) in [6, 6.07) is 35.2. The van der Waals surface area contributed by atoms with Crippen LogP contribution >= 0.6 is 0 Å². The molecule has 0 spiro atoms. The Morgan fingerprint density at radius 3 is 1.96 bits per heavy atom. The maximum absolute atomic E-state index is 7.47. The molecule has 0 saturated carbocycles. The van der Waals surface area contributed by atoms with E-state index in [-0.39, 0.29) is 25.8 Å². The van der Waals surface area contributed by atoms with E-state index in [1.54, 1.807) is 0 Å². The van der Waals surface area contributed by atoms with E-state index in [9.17, 15) is 0 Å². The Bertz CT molecular complexity index is 2120. The van der Waals surface area contributed by atoms with Crippen molar-refractivity contribution in [3.8, 4) is 11.1 Å². The molecule has 2 heterocycles. The van der Waals surface area contributed by atoms with Crippen molar-refractivity contribution in [2.45, 2.75) is 32.1 Å². The summed E-state index contributed by atoms with van der Waals surface area (Å²) in [5.74, 6) is 6.26. The van der Waals surface area contributed by atoms with Crippen LogP contribution in [0.5, 0.6) is 0 Å².